The summed E-state index contributed by atoms with van der Waals surface area (Å²) < 4.78 is 45.3. The van der Waals surface area contributed by atoms with Gasteiger partial charge in [-0.15, -0.1) is 0 Å². The molecule has 22 heavy (non-hydrogen) atoms. The lowest BCUT2D eigenvalue weighted by Gasteiger charge is -2.12. The molecule has 1 aromatic carbocycles. The van der Waals surface area contributed by atoms with Crippen molar-refractivity contribution in [1.29, 1.82) is 0 Å². The van der Waals surface area contributed by atoms with E-state index in [4.69, 9.17) is 0 Å². The molecular weight excluding hydrogens is 311 g/mol. The number of ether oxygens (including phenoxy) is 1. The van der Waals surface area contributed by atoms with Crippen molar-refractivity contribution in [3.63, 3.8) is 0 Å². The number of nitrogens with one attached hydrogen (secondary N) is 2. The van der Waals surface area contributed by atoms with Gasteiger partial charge in [0.1, 0.15) is 11.4 Å². The molecule has 1 fully saturated rings. The fourth-order valence-electron chi connectivity index (χ4n) is 2.46. The predicted octanol–water partition coefficient (Wildman–Crippen LogP) is 0.890. The minimum absolute atomic E-state index is 0.242. The number of benzene rings is 1. The summed E-state index contributed by atoms with van der Waals surface area (Å²) in [5, 5.41) is 3.20. The highest BCUT2D eigenvalue weighted by Crippen LogP contribution is 2.20. The second-order valence-electron chi connectivity index (χ2n) is 5.15. The molecule has 2 N–H and O–H groups in total. The molecule has 6 nitrogen and oxygen atoms in total. The number of rotatable bonds is 6. The van der Waals surface area contributed by atoms with Crippen molar-refractivity contribution in [3.8, 4) is 0 Å². The van der Waals surface area contributed by atoms with Gasteiger partial charge in [0.05, 0.1) is 12.0 Å². The lowest BCUT2D eigenvalue weighted by Crippen LogP contribution is -2.28. The van der Waals surface area contributed by atoms with Gasteiger partial charge in [-0.1, -0.05) is 6.07 Å². The van der Waals surface area contributed by atoms with Crippen LogP contribution in [0.3, 0.4) is 0 Å². The molecule has 2 rings (SSSR count). The average molecular weight is 330 g/mol. The Morgan fingerprint density at radius 3 is 2.91 bits per heavy atom. The van der Waals surface area contributed by atoms with E-state index in [1.54, 1.807) is 0 Å². The SMILES string of the molecule is COC(=O)c1c(F)cccc1S(=O)(=O)NCCC1CCNC1. The highest BCUT2D eigenvalue weighted by molar-refractivity contribution is 7.89. The van der Waals surface area contributed by atoms with E-state index >= 15 is 0 Å². The third kappa shape index (κ3) is 3.82. The van der Waals surface area contributed by atoms with Gasteiger partial charge in [-0.05, 0) is 44.0 Å². The fraction of sp³-hybridized carbons (Fsp3) is 0.500. The summed E-state index contributed by atoms with van der Waals surface area (Å²) in [6.45, 7) is 2.05. The molecule has 0 bridgehead atoms. The summed E-state index contributed by atoms with van der Waals surface area (Å²) in [6.07, 6.45) is 1.70. The van der Waals surface area contributed by atoms with Crippen molar-refractivity contribution >= 4 is 16.0 Å². The Bertz CT molecular complexity index is 642. The van der Waals surface area contributed by atoms with Gasteiger partial charge in [0.25, 0.3) is 0 Å². The quantitative estimate of drug-likeness (QED) is 0.757. The first-order valence-corrected chi connectivity index (χ1v) is 8.51. The maximum Gasteiger partial charge on any atom is 0.342 e. The van der Waals surface area contributed by atoms with Crippen LogP contribution in [0.15, 0.2) is 23.1 Å². The van der Waals surface area contributed by atoms with Crippen molar-refractivity contribution < 1.29 is 22.3 Å². The van der Waals surface area contributed by atoms with Gasteiger partial charge in [-0.2, -0.15) is 0 Å². The van der Waals surface area contributed by atoms with Crippen LogP contribution in [0, 0.1) is 11.7 Å². The zero-order valence-electron chi connectivity index (χ0n) is 12.3. The number of hydrogen-bond donors (Lipinski definition) is 2. The normalized spacial score (nSPS) is 18.4. The van der Waals surface area contributed by atoms with Crippen LogP contribution in [0.1, 0.15) is 23.2 Å². The van der Waals surface area contributed by atoms with Gasteiger partial charge < -0.3 is 10.1 Å². The summed E-state index contributed by atoms with van der Waals surface area (Å²) in [6, 6.07) is 3.46. The Kier molecular flexibility index (Phi) is 5.49. The minimum Gasteiger partial charge on any atom is -0.465 e. The van der Waals surface area contributed by atoms with Crippen molar-refractivity contribution in [3.05, 3.63) is 29.6 Å². The number of hydrogen-bond acceptors (Lipinski definition) is 5. The smallest absolute Gasteiger partial charge is 0.342 e. The number of sulfonamides is 1. The maximum absolute atomic E-state index is 13.8. The zero-order valence-corrected chi connectivity index (χ0v) is 13.1. The van der Waals surface area contributed by atoms with Crippen LogP contribution in [0.2, 0.25) is 0 Å². The van der Waals surface area contributed by atoms with Crippen molar-refractivity contribution in [2.24, 2.45) is 5.92 Å². The van der Waals surface area contributed by atoms with Crippen LogP contribution >= 0.6 is 0 Å². The highest BCUT2D eigenvalue weighted by atomic mass is 32.2. The lowest BCUT2D eigenvalue weighted by atomic mass is 10.1. The summed E-state index contributed by atoms with van der Waals surface area (Å²) in [7, 11) is -2.90. The van der Waals surface area contributed by atoms with Crippen molar-refractivity contribution in [2.45, 2.75) is 17.7 Å². The van der Waals surface area contributed by atoms with Crippen molar-refractivity contribution in [1.82, 2.24) is 10.0 Å². The first-order valence-electron chi connectivity index (χ1n) is 7.03. The van der Waals surface area contributed by atoms with Gasteiger partial charge in [0, 0.05) is 6.54 Å². The first kappa shape index (κ1) is 16.9. The summed E-state index contributed by atoms with van der Waals surface area (Å²) in [5.74, 6) is -1.51. The lowest BCUT2D eigenvalue weighted by molar-refractivity contribution is 0.0590. The standard InChI is InChI=1S/C14H19FN2O4S/c1-21-14(18)13-11(15)3-2-4-12(13)22(19,20)17-8-6-10-5-7-16-9-10/h2-4,10,16-17H,5-9H2,1H3. The first-order chi connectivity index (χ1) is 10.5. The molecule has 1 unspecified atom stereocenters. The van der Waals surface area contributed by atoms with Gasteiger partial charge >= 0.3 is 5.97 Å². The Balaban J connectivity index is 2.14. The highest BCUT2D eigenvalue weighted by Gasteiger charge is 2.26. The number of carbonyl (C=O) groups excluding carboxylic acids is 1. The second kappa shape index (κ2) is 7.17. The van der Waals surface area contributed by atoms with E-state index in [-0.39, 0.29) is 6.54 Å². The van der Waals surface area contributed by atoms with Gasteiger partial charge in [0.15, 0.2) is 0 Å². The number of esters is 1. The van der Waals surface area contributed by atoms with Crippen molar-refractivity contribution in [2.75, 3.05) is 26.7 Å². The van der Waals surface area contributed by atoms with Crippen LogP contribution in [-0.4, -0.2) is 41.1 Å². The van der Waals surface area contributed by atoms with E-state index in [0.717, 1.165) is 32.7 Å². The van der Waals surface area contributed by atoms with E-state index < -0.39 is 32.3 Å². The molecule has 0 saturated carbocycles. The minimum atomic E-state index is -3.97. The maximum atomic E-state index is 13.8. The molecule has 1 atom stereocenters. The predicted molar refractivity (Wildman–Crippen MR) is 78.5 cm³/mol. The van der Waals surface area contributed by atoms with E-state index in [1.807, 2.05) is 0 Å². The van der Waals surface area contributed by atoms with E-state index in [0.29, 0.717) is 12.3 Å². The summed E-state index contributed by atoms with van der Waals surface area (Å²) in [5.41, 5.74) is -0.569. The molecule has 8 heteroatoms. The van der Waals surface area contributed by atoms with Crippen LogP contribution in [0.5, 0.6) is 0 Å². The number of halogens is 1. The second-order valence-corrected chi connectivity index (χ2v) is 6.89. The largest absolute Gasteiger partial charge is 0.465 e. The van der Waals surface area contributed by atoms with Crippen LogP contribution in [0.4, 0.5) is 4.39 Å². The molecule has 0 amide bonds. The summed E-state index contributed by atoms with van der Waals surface area (Å²) >= 11 is 0. The topological polar surface area (TPSA) is 84.5 Å². The zero-order chi connectivity index (χ0) is 16.2. The summed E-state index contributed by atoms with van der Waals surface area (Å²) in [4.78, 5) is 11.2. The molecule has 1 heterocycles. The van der Waals surface area contributed by atoms with Gasteiger partial charge in [-0.3, -0.25) is 0 Å². The molecule has 1 aliphatic rings. The third-order valence-corrected chi connectivity index (χ3v) is 5.16. The Morgan fingerprint density at radius 2 is 2.27 bits per heavy atom. The molecule has 1 saturated heterocycles. The molecule has 0 radical (unpaired) electrons. The molecular formula is C14H19FN2O4S. The molecule has 0 aliphatic carbocycles. The molecule has 1 aromatic rings. The number of methoxy groups -OCH3 is 1. The molecule has 0 spiro atoms. The van der Waals surface area contributed by atoms with E-state index in [1.165, 1.54) is 12.1 Å². The van der Waals surface area contributed by atoms with Crippen LogP contribution < -0.4 is 10.0 Å². The Hall–Kier alpha value is -1.51. The van der Waals surface area contributed by atoms with Gasteiger partial charge in [-0.25, -0.2) is 22.3 Å². The third-order valence-electron chi connectivity index (χ3n) is 3.66. The molecule has 1 aliphatic heterocycles. The van der Waals surface area contributed by atoms with E-state index in [2.05, 4.69) is 14.8 Å². The Labute approximate surface area is 129 Å². The average Bonchev–Trinajstić information content (AvgIpc) is 2.99. The van der Waals surface area contributed by atoms with Crippen LogP contribution in [-0.2, 0) is 14.8 Å². The fourth-order valence-corrected chi connectivity index (χ4v) is 3.71. The molecule has 122 valence electrons. The molecule has 0 aromatic heterocycles. The van der Waals surface area contributed by atoms with E-state index in [9.17, 15) is 17.6 Å². The Morgan fingerprint density at radius 1 is 1.50 bits per heavy atom. The van der Waals surface area contributed by atoms with Gasteiger partial charge in [0.2, 0.25) is 10.0 Å². The number of carbonyl (C=O) groups is 1. The monoisotopic (exact) mass is 330 g/mol. The van der Waals surface area contributed by atoms with Crippen LogP contribution in [0.25, 0.3) is 0 Å².